The number of alkyl carbamates (subject to hydrolysis) is 1. The third-order valence-electron chi connectivity index (χ3n) is 0.878. The van der Waals surface area contributed by atoms with Crippen LogP contribution in [0.3, 0.4) is 0 Å². The van der Waals surface area contributed by atoms with Crippen LogP contribution >= 0.6 is 0 Å². The third-order valence-corrected chi connectivity index (χ3v) is 0.878. The van der Waals surface area contributed by atoms with Crippen molar-refractivity contribution in [1.82, 2.24) is 5.32 Å². The molecular weight excluding hydrogens is 166 g/mol. The summed E-state index contributed by atoms with van der Waals surface area (Å²) in [6.45, 7) is 1.47. The fraction of sp³-hybridized carbons (Fsp3) is 0.500. The molecule has 1 saturated heterocycles. The van der Waals surface area contributed by atoms with Crippen molar-refractivity contribution in [2.75, 3.05) is 6.61 Å². The van der Waals surface area contributed by atoms with Crippen molar-refractivity contribution in [2.45, 2.75) is 13.3 Å². The first-order valence-electron chi connectivity index (χ1n) is 3.24. The van der Waals surface area contributed by atoms with E-state index in [4.69, 9.17) is 5.11 Å². The Morgan fingerprint density at radius 1 is 1.67 bits per heavy atom. The molecule has 1 rings (SSSR count). The Morgan fingerprint density at radius 2 is 2.17 bits per heavy atom. The first-order chi connectivity index (χ1) is 5.56. The number of carboxylic acid groups (broad SMARTS) is 1. The molecule has 2 N–H and O–H groups in total. The zero-order chi connectivity index (χ0) is 9.56. The summed E-state index contributed by atoms with van der Waals surface area (Å²) in [5, 5.41) is 9.64. The summed E-state index contributed by atoms with van der Waals surface area (Å²) in [6, 6.07) is 0. The molecule has 0 bridgehead atoms. The number of carboxylic acids is 1. The van der Waals surface area contributed by atoms with Gasteiger partial charge in [-0.3, -0.25) is 14.9 Å². The molecule has 1 heterocycles. The van der Waals surface area contributed by atoms with Crippen molar-refractivity contribution in [3.63, 3.8) is 0 Å². The summed E-state index contributed by atoms with van der Waals surface area (Å²) >= 11 is 0. The molecule has 0 aromatic heterocycles. The van der Waals surface area contributed by atoms with Crippen LogP contribution in [-0.2, 0) is 14.3 Å². The minimum Gasteiger partial charge on any atom is -0.481 e. The Morgan fingerprint density at radius 3 is 2.25 bits per heavy atom. The first-order valence-corrected chi connectivity index (χ1v) is 3.24. The van der Waals surface area contributed by atoms with Crippen LogP contribution in [0.25, 0.3) is 0 Å². The van der Waals surface area contributed by atoms with E-state index in [0.717, 1.165) is 0 Å². The second kappa shape index (κ2) is 5.11. The molecule has 6 heteroatoms. The number of hydrogen-bond acceptors (Lipinski definition) is 4. The van der Waals surface area contributed by atoms with Gasteiger partial charge in [0.1, 0.15) is 0 Å². The topological polar surface area (TPSA) is 92.7 Å². The van der Waals surface area contributed by atoms with Gasteiger partial charge in [-0.15, -0.1) is 0 Å². The summed E-state index contributed by atoms with van der Waals surface area (Å²) in [5.41, 5.74) is 0. The van der Waals surface area contributed by atoms with E-state index in [1.165, 1.54) is 0 Å². The van der Waals surface area contributed by atoms with Crippen LogP contribution in [0, 0.1) is 0 Å². The largest absolute Gasteiger partial charge is 0.481 e. The Bertz CT molecular complexity index is 186. The third kappa shape index (κ3) is 5.21. The number of aliphatic carboxylic acids is 1. The van der Waals surface area contributed by atoms with E-state index in [9.17, 15) is 14.4 Å². The Balaban J connectivity index is 0.000000217. The predicted molar refractivity (Wildman–Crippen MR) is 37.4 cm³/mol. The maximum Gasteiger partial charge on any atom is 0.414 e. The van der Waals surface area contributed by atoms with E-state index in [-0.39, 0.29) is 18.9 Å². The van der Waals surface area contributed by atoms with Crippen LogP contribution in [0.1, 0.15) is 13.3 Å². The van der Waals surface area contributed by atoms with Gasteiger partial charge in [0.05, 0.1) is 0 Å². The van der Waals surface area contributed by atoms with Crippen molar-refractivity contribution in [3.8, 4) is 0 Å². The highest BCUT2D eigenvalue weighted by Gasteiger charge is 2.17. The molecule has 0 atom stereocenters. The van der Waals surface area contributed by atoms with Crippen molar-refractivity contribution in [2.24, 2.45) is 0 Å². The van der Waals surface area contributed by atoms with E-state index in [1.807, 2.05) is 5.32 Å². The van der Waals surface area contributed by atoms with Gasteiger partial charge in [-0.05, 0) is 0 Å². The number of imide groups is 1. The standard InChI is InChI=1S/C3H3NO3.C3H6O2/c5-2-1-7-3(6)4-2;1-2-3(4)5/h1H2,(H,4,5,6);2H2,1H3,(H,4,5). The van der Waals surface area contributed by atoms with Gasteiger partial charge in [-0.1, -0.05) is 6.92 Å². The number of amides is 2. The molecule has 6 nitrogen and oxygen atoms in total. The molecule has 1 aliphatic rings. The SMILES string of the molecule is CCC(=O)O.O=C1COC(=O)N1. The number of cyclic esters (lactones) is 1. The number of rotatable bonds is 1. The number of ether oxygens (including phenoxy) is 1. The lowest BCUT2D eigenvalue weighted by Crippen LogP contribution is -2.18. The highest BCUT2D eigenvalue weighted by molar-refractivity contribution is 5.97. The molecule has 0 aromatic rings. The molecule has 1 aliphatic heterocycles. The van der Waals surface area contributed by atoms with Crippen molar-refractivity contribution < 1.29 is 24.2 Å². The summed E-state index contributed by atoms with van der Waals surface area (Å²) < 4.78 is 4.17. The zero-order valence-electron chi connectivity index (χ0n) is 6.49. The normalized spacial score (nSPS) is 14.1. The van der Waals surface area contributed by atoms with Crippen molar-refractivity contribution in [3.05, 3.63) is 0 Å². The molecule has 0 spiro atoms. The lowest BCUT2D eigenvalue weighted by Gasteiger charge is -1.78. The van der Waals surface area contributed by atoms with Gasteiger partial charge in [-0.2, -0.15) is 0 Å². The second-order valence-electron chi connectivity index (χ2n) is 1.87. The summed E-state index contributed by atoms with van der Waals surface area (Å²) in [6.07, 6.45) is -0.426. The van der Waals surface area contributed by atoms with E-state index in [2.05, 4.69) is 4.74 Å². The summed E-state index contributed by atoms with van der Waals surface area (Å²) in [5.74, 6) is -1.12. The maximum absolute atomic E-state index is 10.00. The number of hydrogen-bond donors (Lipinski definition) is 2. The highest BCUT2D eigenvalue weighted by atomic mass is 16.6. The Labute approximate surface area is 68.5 Å². The fourth-order valence-corrected chi connectivity index (χ4v) is 0.317. The molecule has 2 amide bonds. The average molecular weight is 175 g/mol. The molecule has 0 radical (unpaired) electrons. The van der Waals surface area contributed by atoms with E-state index in [0.29, 0.717) is 0 Å². The van der Waals surface area contributed by atoms with E-state index >= 15 is 0 Å². The maximum atomic E-state index is 10.00. The van der Waals surface area contributed by atoms with Gasteiger partial charge in [-0.25, -0.2) is 4.79 Å². The van der Waals surface area contributed by atoms with Gasteiger partial charge in [0.25, 0.3) is 5.91 Å². The van der Waals surface area contributed by atoms with Gasteiger partial charge in [0, 0.05) is 6.42 Å². The Kier molecular flexibility index (Phi) is 4.43. The van der Waals surface area contributed by atoms with Gasteiger partial charge in [0.15, 0.2) is 6.61 Å². The summed E-state index contributed by atoms with van der Waals surface area (Å²) in [7, 11) is 0. The lowest BCUT2D eigenvalue weighted by atomic mass is 10.5. The van der Waals surface area contributed by atoms with E-state index in [1.54, 1.807) is 6.92 Å². The van der Waals surface area contributed by atoms with Gasteiger partial charge in [0.2, 0.25) is 0 Å². The van der Waals surface area contributed by atoms with Crippen LogP contribution < -0.4 is 5.32 Å². The van der Waals surface area contributed by atoms with Crippen LogP contribution in [-0.4, -0.2) is 29.7 Å². The predicted octanol–water partition coefficient (Wildman–Crippen LogP) is -0.266. The molecule has 0 unspecified atom stereocenters. The number of nitrogens with one attached hydrogen (secondary N) is 1. The fourth-order valence-electron chi connectivity index (χ4n) is 0.317. The van der Waals surface area contributed by atoms with E-state index < -0.39 is 12.1 Å². The van der Waals surface area contributed by atoms with Crippen molar-refractivity contribution in [1.29, 1.82) is 0 Å². The van der Waals surface area contributed by atoms with Gasteiger partial charge < -0.3 is 9.84 Å². The molecular formula is C6H9NO5. The molecule has 0 aliphatic carbocycles. The van der Waals surface area contributed by atoms with Crippen LogP contribution in [0.5, 0.6) is 0 Å². The zero-order valence-corrected chi connectivity index (χ0v) is 6.49. The number of carbonyl (C=O) groups is 3. The molecule has 0 aromatic carbocycles. The smallest absolute Gasteiger partial charge is 0.414 e. The van der Waals surface area contributed by atoms with Crippen LogP contribution in [0.4, 0.5) is 4.79 Å². The lowest BCUT2D eigenvalue weighted by molar-refractivity contribution is -0.136. The average Bonchev–Trinajstić information content (AvgIpc) is 2.36. The highest BCUT2D eigenvalue weighted by Crippen LogP contribution is 1.85. The van der Waals surface area contributed by atoms with Crippen LogP contribution in [0.2, 0.25) is 0 Å². The minimum atomic E-state index is -0.745. The first kappa shape index (κ1) is 10.4. The summed E-state index contributed by atoms with van der Waals surface area (Å²) in [4.78, 5) is 29.3. The molecule has 0 saturated carbocycles. The quantitative estimate of drug-likeness (QED) is 0.572. The van der Waals surface area contributed by atoms with Gasteiger partial charge >= 0.3 is 12.1 Å². The minimum absolute atomic E-state index is 0.126. The second-order valence-corrected chi connectivity index (χ2v) is 1.87. The monoisotopic (exact) mass is 175 g/mol. The van der Waals surface area contributed by atoms with Crippen molar-refractivity contribution >= 4 is 18.0 Å². The number of carbonyl (C=O) groups excluding carboxylic acids is 2. The molecule has 68 valence electrons. The molecule has 12 heavy (non-hydrogen) atoms. The Hall–Kier alpha value is -1.59. The molecule has 1 fully saturated rings. The van der Waals surface area contributed by atoms with Crippen LogP contribution in [0.15, 0.2) is 0 Å².